The van der Waals surface area contributed by atoms with E-state index in [1.54, 1.807) is 0 Å². The highest BCUT2D eigenvalue weighted by Gasteiger charge is 2.72. The van der Waals surface area contributed by atoms with Crippen LogP contribution in [0, 0.1) is 45.3 Å². The van der Waals surface area contributed by atoms with Crippen LogP contribution >= 0.6 is 0 Å². The van der Waals surface area contributed by atoms with Gasteiger partial charge < -0.3 is 4.74 Å². The molecular formula is C30H48O2. The van der Waals surface area contributed by atoms with Crippen molar-refractivity contribution in [3.8, 4) is 0 Å². The average molecular weight is 441 g/mol. The lowest BCUT2D eigenvalue weighted by molar-refractivity contribution is -0.183. The van der Waals surface area contributed by atoms with E-state index in [1.165, 1.54) is 44.1 Å². The number of fused-ring (bicyclic) bond motifs is 5. The summed E-state index contributed by atoms with van der Waals surface area (Å²) in [6, 6.07) is 0. The zero-order valence-corrected chi connectivity index (χ0v) is 22.1. The summed E-state index contributed by atoms with van der Waals surface area (Å²) in [5.41, 5.74) is 2.48. The maximum absolute atomic E-state index is 12.8. The number of hydrogen-bond acceptors (Lipinski definition) is 2. The quantitative estimate of drug-likeness (QED) is 0.331. The highest BCUT2D eigenvalue weighted by atomic mass is 16.6. The zero-order chi connectivity index (χ0) is 23.3. The number of carbonyl (C=O) groups is 1. The number of carbonyl (C=O) groups excluding carboxylic acids is 1. The van der Waals surface area contributed by atoms with Crippen LogP contribution in [-0.2, 0) is 9.53 Å². The number of epoxide rings is 1. The van der Waals surface area contributed by atoms with Crippen molar-refractivity contribution in [3.05, 3.63) is 11.6 Å². The van der Waals surface area contributed by atoms with Gasteiger partial charge >= 0.3 is 0 Å². The zero-order valence-electron chi connectivity index (χ0n) is 22.1. The van der Waals surface area contributed by atoms with Crippen LogP contribution in [0.3, 0.4) is 0 Å². The Labute approximate surface area is 197 Å². The summed E-state index contributed by atoms with van der Waals surface area (Å²) in [5.74, 6) is 3.38. The molecule has 0 spiro atoms. The maximum Gasteiger partial charge on any atom is 0.138 e. The third-order valence-corrected chi connectivity index (χ3v) is 12.6. The molecule has 4 aliphatic carbocycles. The van der Waals surface area contributed by atoms with E-state index in [1.807, 2.05) is 0 Å². The number of allylic oxidation sites excluding steroid dienone is 1. The van der Waals surface area contributed by atoms with Crippen LogP contribution in [-0.4, -0.2) is 17.5 Å². The Balaban J connectivity index is 1.42. The topological polar surface area (TPSA) is 29.6 Å². The van der Waals surface area contributed by atoms with Crippen molar-refractivity contribution < 1.29 is 9.53 Å². The summed E-state index contributed by atoms with van der Waals surface area (Å²) in [7, 11) is 0. The Hall–Kier alpha value is -0.630. The number of hydrogen-bond donors (Lipinski definition) is 0. The molecule has 0 aromatic carbocycles. The van der Waals surface area contributed by atoms with Gasteiger partial charge in [-0.2, -0.15) is 0 Å². The molecule has 9 atom stereocenters. The van der Waals surface area contributed by atoms with Gasteiger partial charge in [0.05, 0.1) is 11.7 Å². The molecule has 1 aliphatic heterocycles. The number of Topliss-reactive ketones (excluding diaryl/α,β-unsaturated/α-hetero) is 1. The molecule has 5 fully saturated rings. The molecule has 5 rings (SSSR count). The van der Waals surface area contributed by atoms with Gasteiger partial charge in [0, 0.05) is 11.8 Å². The smallest absolute Gasteiger partial charge is 0.138 e. The van der Waals surface area contributed by atoms with Gasteiger partial charge in [-0.05, 0) is 112 Å². The van der Waals surface area contributed by atoms with E-state index in [9.17, 15) is 4.79 Å². The minimum absolute atomic E-state index is 0.0750. The molecule has 9 unspecified atom stereocenters. The summed E-state index contributed by atoms with van der Waals surface area (Å²) in [4.78, 5) is 12.8. The van der Waals surface area contributed by atoms with Crippen LogP contribution in [0.15, 0.2) is 11.6 Å². The predicted octanol–water partition coefficient (Wildman–Crippen LogP) is 7.75. The van der Waals surface area contributed by atoms with Crippen LogP contribution in [0.25, 0.3) is 0 Å². The second-order valence-corrected chi connectivity index (χ2v) is 14.3. The summed E-state index contributed by atoms with van der Waals surface area (Å²) >= 11 is 0. The van der Waals surface area contributed by atoms with Crippen LogP contribution in [0.4, 0.5) is 0 Å². The molecule has 180 valence electrons. The largest absolute Gasteiger partial charge is 0.366 e. The highest BCUT2D eigenvalue weighted by molar-refractivity contribution is 5.85. The molecule has 32 heavy (non-hydrogen) atoms. The molecule has 4 saturated carbocycles. The molecule has 0 amide bonds. The van der Waals surface area contributed by atoms with E-state index in [0.29, 0.717) is 40.0 Å². The fourth-order valence-corrected chi connectivity index (χ4v) is 10.4. The fraction of sp³-hybridized carbons (Fsp3) is 0.900. The van der Waals surface area contributed by atoms with Gasteiger partial charge in [-0.3, -0.25) is 4.79 Å². The van der Waals surface area contributed by atoms with Crippen LogP contribution in [0.2, 0.25) is 0 Å². The van der Waals surface area contributed by atoms with Crippen molar-refractivity contribution in [1.29, 1.82) is 0 Å². The van der Waals surface area contributed by atoms with Gasteiger partial charge in [0.2, 0.25) is 0 Å². The predicted molar refractivity (Wildman–Crippen MR) is 131 cm³/mol. The molecular weight excluding hydrogens is 392 g/mol. The first-order valence-electron chi connectivity index (χ1n) is 13.7. The van der Waals surface area contributed by atoms with Gasteiger partial charge in [-0.25, -0.2) is 0 Å². The van der Waals surface area contributed by atoms with Crippen LogP contribution in [0.5, 0.6) is 0 Å². The molecule has 1 heterocycles. The van der Waals surface area contributed by atoms with Gasteiger partial charge in [0.25, 0.3) is 0 Å². The standard InChI is InChI=1S/C30H48O2/c1-19(2)9-12-25-30(8,32-25)23-14-18-28(6)21-10-11-22-26(3,4)24(31)15-16-27(22,5)20(21)13-17-29(23,28)7/h9,20-23,25H,10-18H2,1-8H3. The summed E-state index contributed by atoms with van der Waals surface area (Å²) < 4.78 is 6.50. The lowest BCUT2D eigenvalue weighted by atomic mass is 9.38. The van der Waals surface area contributed by atoms with Crippen molar-refractivity contribution in [2.45, 2.75) is 125 Å². The van der Waals surface area contributed by atoms with Crippen molar-refractivity contribution in [3.63, 3.8) is 0 Å². The minimum atomic E-state index is -0.134. The normalized spacial score (nSPS) is 53.8. The number of ether oxygens (including phenoxy) is 1. The third kappa shape index (κ3) is 2.83. The van der Waals surface area contributed by atoms with E-state index in [2.05, 4.69) is 61.5 Å². The highest BCUT2D eigenvalue weighted by Crippen LogP contribution is 2.76. The Kier molecular flexibility index (Phi) is 5.03. The van der Waals surface area contributed by atoms with Crippen molar-refractivity contribution in [2.75, 3.05) is 0 Å². The lowest BCUT2D eigenvalue weighted by Crippen LogP contribution is -2.61. The molecule has 0 bridgehead atoms. The first-order chi connectivity index (χ1) is 14.8. The second kappa shape index (κ2) is 6.96. The Morgan fingerprint density at radius 2 is 1.56 bits per heavy atom. The summed E-state index contributed by atoms with van der Waals surface area (Å²) in [6.07, 6.45) is 13.8. The monoisotopic (exact) mass is 440 g/mol. The Morgan fingerprint density at radius 3 is 2.25 bits per heavy atom. The average Bonchev–Trinajstić information content (AvgIpc) is 3.27. The Morgan fingerprint density at radius 1 is 0.875 bits per heavy atom. The molecule has 0 radical (unpaired) electrons. The van der Waals surface area contributed by atoms with Gasteiger partial charge in [0.15, 0.2) is 0 Å². The first-order valence-corrected chi connectivity index (χ1v) is 13.7. The SMILES string of the molecule is CC(C)=CCC1OC1(C)C1CCC2(C)C3CCC4C(C)(C)C(=O)CCC4(C)C3CCC12C. The van der Waals surface area contributed by atoms with Crippen molar-refractivity contribution >= 4 is 5.78 Å². The molecule has 1 saturated heterocycles. The lowest BCUT2D eigenvalue weighted by Gasteiger charge is -2.66. The molecule has 0 N–H and O–H groups in total. The van der Waals surface area contributed by atoms with E-state index >= 15 is 0 Å². The van der Waals surface area contributed by atoms with Crippen LogP contribution in [0.1, 0.15) is 113 Å². The Bertz CT molecular complexity index is 836. The first kappa shape index (κ1) is 23.1. The maximum atomic E-state index is 12.8. The summed E-state index contributed by atoms with van der Waals surface area (Å²) in [5, 5.41) is 0. The second-order valence-electron chi connectivity index (χ2n) is 14.3. The molecule has 2 heteroatoms. The molecule has 2 nitrogen and oxygen atoms in total. The van der Waals surface area contributed by atoms with Crippen molar-refractivity contribution in [1.82, 2.24) is 0 Å². The third-order valence-electron chi connectivity index (χ3n) is 12.6. The van der Waals surface area contributed by atoms with E-state index in [0.717, 1.165) is 31.1 Å². The van der Waals surface area contributed by atoms with E-state index in [-0.39, 0.29) is 11.0 Å². The number of ketones is 1. The molecule has 0 aromatic heterocycles. The fourth-order valence-electron chi connectivity index (χ4n) is 10.4. The number of rotatable bonds is 3. The molecule has 0 aromatic rings. The van der Waals surface area contributed by atoms with Crippen LogP contribution < -0.4 is 0 Å². The summed E-state index contributed by atoms with van der Waals surface area (Å²) in [6.45, 7) is 19.3. The van der Waals surface area contributed by atoms with E-state index in [4.69, 9.17) is 4.74 Å². The van der Waals surface area contributed by atoms with Crippen molar-refractivity contribution in [2.24, 2.45) is 45.3 Å². The van der Waals surface area contributed by atoms with Gasteiger partial charge in [0.1, 0.15) is 5.78 Å². The van der Waals surface area contributed by atoms with Gasteiger partial charge in [-0.1, -0.05) is 46.3 Å². The minimum Gasteiger partial charge on any atom is -0.366 e. The van der Waals surface area contributed by atoms with Gasteiger partial charge in [-0.15, -0.1) is 0 Å². The molecule has 5 aliphatic rings. The van der Waals surface area contributed by atoms with E-state index < -0.39 is 0 Å².